The Kier molecular flexibility index (Phi) is 3.27. The number of esters is 1. The van der Waals surface area contributed by atoms with E-state index in [4.69, 9.17) is 9.47 Å². The minimum atomic E-state index is -0.730. The minimum Gasteiger partial charge on any atom is -0.459 e. The van der Waals surface area contributed by atoms with Crippen LogP contribution in [0.15, 0.2) is 0 Å². The monoisotopic (exact) mass is 188 g/mol. The van der Waals surface area contributed by atoms with Gasteiger partial charge in [0.1, 0.15) is 12.2 Å². The Balaban J connectivity index is 2.56. The Bertz CT molecular complexity index is 192. The van der Waals surface area contributed by atoms with Crippen molar-refractivity contribution < 1.29 is 19.4 Å². The molecule has 76 valence electrons. The first-order valence-corrected chi connectivity index (χ1v) is 4.46. The first-order chi connectivity index (χ1) is 6.06. The quantitative estimate of drug-likeness (QED) is 0.649. The van der Waals surface area contributed by atoms with Gasteiger partial charge >= 0.3 is 5.97 Å². The number of ether oxygens (including phenoxy) is 2. The lowest BCUT2D eigenvalue weighted by Crippen LogP contribution is -2.39. The van der Waals surface area contributed by atoms with E-state index in [1.807, 2.05) is 6.92 Å². The van der Waals surface area contributed by atoms with E-state index in [-0.39, 0.29) is 18.0 Å². The van der Waals surface area contributed by atoms with Gasteiger partial charge in [-0.05, 0) is 6.92 Å². The van der Waals surface area contributed by atoms with Crippen molar-refractivity contribution in [3.63, 3.8) is 0 Å². The van der Waals surface area contributed by atoms with Gasteiger partial charge in [0.15, 0.2) is 0 Å². The lowest BCUT2D eigenvalue weighted by Gasteiger charge is -2.24. The fourth-order valence-electron chi connectivity index (χ4n) is 1.51. The van der Waals surface area contributed by atoms with Crippen LogP contribution in [0.5, 0.6) is 0 Å². The molecule has 0 radical (unpaired) electrons. The predicted molar refractivity (Wildman–Crippen MR) is 46.1 cm³/mol. The summed E-state index contributed by atoms with van der Waals surface area (Å²) in [7, 11) is 1.52. The highest BCUT2D eigenvalue weighted by atomic mass is 16.6. The Morgan fingerprint density at radius 1 is 1.69 bits per heavy atom. The average molecular weight is 188 g/mol. The summed E-state index contributed by atoms with van der Waals surface area (Å²) in [4.78, 5) is 10.9. The van der Waals surface area contributed by atoms with Crippen LogP contribution < -0.4 is 0 Å². The van der Waals surface area contributed by atoms with E-state index in [2.05, 4.69) is 0 Å². The molecule has 1 saturated heterocycles. The molecular weight excluding hydrogens is 172 g/mol. The third-order valence-corrected chi connectivity index (χ3v) is 2.51. The molecule has 13 heavy (non-hydrogen) atoms. The minimum absolute atomic E-state index is 0.0695. The molecule has 1 aliphatic heterocycles. The molecule has 0 aromatic carbocycles. The molecule has 1 rings (SSSR count). The van der Waals surface area contributed by atoms with Gasteiger partial charge in [0.05, 0.1) is 12.5 Å². The number of carbonyl (C=O) groups is 1. The maximum atomic E-state index is 10.9. The summed E-state index contributed by atoms with van der Waals surface area (Å²) in [5.74, 6) is -0.167. The second kappa shape index (κ2) is 4.07. The number of hydrogen-bond acceptors (Lipinski definition) is 4. The first kappa shape index (κ1) is 10.5. The Hall–Kier alpha value is -0.610. The van der Waals surface area contributed by atoms with E-state index < -0.39 is 12.2 Å². The van der Waals surface area contributed by atoms with Gasteiger partial charge in [0, 0.05) is 13.0 Å². The van der Waals surface area contributed by atoms with Crippen LogP contribution in [0.1, 0.15) is 20.3 Å². The fourth-order valence-corrected chi connectivity index (χ4v) is 1.51. The van der Waals surface area contributed by atoms with Crippen molar-refractivity contribution in [1.82, 2.24) is 0 Å². The van der Waals surface area contributed by atoms with Crippen molar-refractivity contribution in [2.24, 2.45) is 5.92 Å². The number of aliphatic hydroxyl groups excluding tert-OH is 1. The number of aliphatic hydroxyl groups is 1. The van der Waals surface area contributed by atoms with Crippen LogP contribution in [0.25, 0.3) is 0 Å². The summed E-state index contributed by atoms with van der Waals surface area (Å²) < 4.78 is 9.96. The van der Waals surface area contributed by atoms with E-state index in [0.717, 1.165) is 0 Å². The lowest BCUT2D eigenvalue weighted by molar-refractivity contribution is -0.150. The molecule has 0 saturated carbocycles. The lowest BCUT2D eigenvalue weighted by atomic mass is 9.97. The third-order valence-electron chi connectivity index (χ3n) is 2.51. The van der Waals surface area contributed by atoms with E-state index >= 15 is 0 Å². The second-order valence-corrected chi connectivity index (χ2v) is 3.57. The highest BCUT2D eigenvalue weighted by molar-refractivity contribution is 5.72. The van der Waals surface area contributed by atoms with E-state index in [1.165, 1.54) is 7.11 Å². The highest BCUT2D eigenvalue weighted by Crippen LogP contribution is 2.25. The zero-order chi connectivity index (χ0) is 10.0. The molecule has 1 heterocycles. The van der Waals surface area contributed by atoms with Crippen molar-refractivity contribution in [1.29, 1.82) is 0 Å². The first-order valence-electron chi connectivity index (χ1n) is 4.46. The van der Waals surface area contributed by atoms with Crippen LogP contribution in [-0.4, -0.2) is 36.5 Å². The maximum absolute atomic E-state index is 10.9. The van der Waals surface area contributed by atoms with Gasteiger partial charge in [-0.2, -0.15) is 0 Å². The molecule has 0 aromatic rings. The molecular formula is C9H16O4. The molecule has 4 nitrogen and oxygen atoms in total. The number of hydrogen-bond donors (Lipinski definition) is 1. The van der Waals surface area contributed by atoms with Crippen molar-refractivity contribution in [2.75, 3.05) is 7.11 Å². The zero-order valence-corrected chi connectivity index (χ0v) is 8.19. The summed E-state index contributed by atoms with van der Waals surface area (Å²) in [5.41, 5.74) is 0. The van der Waals surface area contributed by atoms with Crippen LogP contribution >= 0.6 is 0 Å². The average Bonchev–Trinajstić information content (AvgIpc) is 2.42. The van der Waals surface area contributed by atoms with Crippen LogP contribution in [0.3, 0.4) is 0 Å². The Labute approximate surface area is 77.8 Å². The van der Waals surface area contributed by atoms with Crippen molar-refractivity contribution in [2.45, 2.75) is 38.6 Å². The molecule has 0 bridgehead atoms. The van der Waals surface area contributed by atoms with Crippen molar-refractivity contribution in [3.05, 3.63) is 0 Å². The van der Waals surface area contributed by atoms with Crippen LogP contribution in [0.2, 0.25) is 0 Å². The third kappa shape index (κ3) is 2.19. The summed E-state index contributed by atoms with van der Waals surface area (Å²) >= 11 is 0. The molecule has 0 aliphatic carbocycles. The van der Waals surface area contributed by atoms with Gasteiger partial charge in [0.25, 0.3) is 0 Å². The Morgan fingerprint density at radius 2 is 2.31 bits per heavy atom. The molecule has 1 N–H and O–H groups in total. The van der Waals surface area contributed by atoms with Crippen molar-refractivity contribution >= 4 is 5.97 Å². The summed E-state index contributed by atoms with van der Waals surface area (Å²) in [5, 5.41) is 9.70. The number of cyclic esters (lactones) is 1. The van der Waals surface area contributed by atoms with Gasteiger partial charge in [-0.15, -0.1) is 0 Å². The number of methoxy groups -OCH3 is 1. The van der Waals surface area contributed by atoms with Crippen LogP contribution in [0, 0.1) is 5.92 Å². The summed E-state index contributed by atoms with van der Waals surface area (Å²) in [6, 6.07) is 0. The predicted octanol–water partition coefficient (Wildman–Crippen LogP) is 0.334. The topological polar surface area (TPSA) is 55.8 Å². The van der Waals surface area contributed by atoms with Gasteiger partial charge in [-0.3, -0.25) is 4.79 Å². The summed E-state index contributed by atoms with van der Waals surface area (Å²) in [6.07, 6.45) is -1.06. The molecule has 1 aliphatic rings. The van der Waals surface area contributed by atoms with E-state index in [9.17, 15) is 9.90 Å². The fraction of sp³-hybridized carbons (Fsp3) is 0.889. The smallest absolute Gasteiger partial charge is 0.306 e. The number of rotatable bonds is 3. The van der Waals surface area contributed by atoms with Gasteiger partial charge in [-0.25, -0.2) is 0 Å². The van der Waals surface area contributed by atoms with E-state index in [0.29, 0.717) is 6.42 Å². The van der Waals surface area contributed by atoms with Gasteiger partial charge < -0.3 is 14.6 Å². The molecule has 4 heteroatoms. The highest BCUT2D eigenvalue weighted by Gasteiger charge is 2.38. The van der Waals surface area contributed by atoms with Crippen molar-refractivity contribution in [3.8, 4) is 0 Å². The molecule has 1 fully saturated rings. The molecule has 0 amide bonds. The zero-order valence-electron chi connectivity index (χ0n) is 8.19. The normalized spacial score (nSPS) is 32.8. The van der Waals surface area contributed by atoms with Gasteiger partial charge in [-0.1, -0.05) is 6.92 Å². The SMILES string of the molecule is CO[C@@H](C)C(O)C1OC(=O)CC1C. The Morgan fingerprint density at radius 3 is 2.69 bits per heavy atom. The molecule has 4 atom stereocenters. The van der Waals surface area contributed by atoms with Gasteiger partial charge in [0.2, 0.25) is 0 Å². The largest absolute Gasteiger partial charge is 0.459 e. The summed E-state index contributed by atoms with van der Waals surface area (Å²) in [6.45, 7) is 3.64. The standard InChI is InChI=1S/C9H16O4/c1-5-4-7(10)13-9(5)8(11)6(2)12-3/h5-6,8-9,11H,4H2,1-3H3/t5?,6-,8?,9?/m0/s1. The molecule has 0 aromatic heterocycles. The molecule has 3 unspecified atom stereocenters. The van der Waals surface area contributed by atoms with Crippen LogP contribution in [0.4, 0.5) is 0 Å². The number of carbonyl (C=O) groups excluding carboxylic acids is 1. The van der Waals surface area contributed by atoms with Crippen LogP contribution in [-0.2, 0) is 14.3 Å². The maximum Gasteiger partial charge on any atom is 0.306 e. The second-order valence-electron chi connectivity index (χ2n) is 3.57. The van der Waals surface area contributed by atoms with E-state index in [1.54, 1.807) is 6.92 Å². The molecule has 0 spiro atoms.